The summed E-state index contributed by atoms with van der Waals surface area (Å²) in [6.45, 7) is 4.28. The highest BCUT2D eigenvalue weighted by molar-refractivity contribution is 9.10. The number of rotatable bonds is 4. The highest BCUT2D eigenvalue weighted by Crippen LogP contribution is 2.32. The zero-order valence-corrected chi connectivity index (χ0v) is 16.3. The second-order valence-corrected chi connectivity index (χ2v) is 6.80. The summed E-state index contributed by atoms with van der Waals surface area (Å²) in [5.74, 6) is -0.538. The predicted octanol–water partition coefficient (Wildman–Crippen LogP) is 3.31. The molecule has 1 amide bonds. The average molecular weight is 445 g/mol. The quantitative estimate of drug-likeness (QED) is 0.618. The van der Waals surface area contributed by atoms with Crippen molar-refractivity contribution in [1.29, 1.82) is 0 Å². The van der Waals surface area contributed by atoms with Gasteiger partial charge in [0.2, 0.25) is 0 Å². The number of carbonyl (C=O) groups excluding carboxylic acids is 1. The van der Waals surface area contributed by atoms with E-state index < -0.39 is 17.8 Å². The van der Waals surface area contributed by atoms with Crippen LogP contribution in [0.2, 0.25) is 0 Å². The molecule has 0 aromatic carbocycles. The van der Waals surface area contributed by atoms with E-state index in [1.54, 1.807) is 16.9 Å². The van der Waals surface area contributed by atoms with Gasteiger partial charge in [-0.2, -0.15) is 23.4 Å². The molecule has 7 nitrogen and oxygen atoms in total. The third-order valence-electron chi connectivity index (χ3n) is 3.92. The van der Waals surface area contributed by atoms with Crippen LogP contribution in [0.5, 0.6) is 0 Å². The van der Waals surface area contributed by atoms with Crippen molar-refractivity contribution < 1.29 is 18.0 Å². The molecule has 27 heavy (non-hydrogen) atoms. The van der Waals surface area contributed by atoms with Crippen LogP contribution < -0.4 is 0 Å². The van der Waals surface area contributed by atoms with Crippen molar-refractivity contribution in [3.05, 3.63) is 45.6 Å². The molecule has 0 bridgehead atoms. The minimum Gasteiger partial charge on any atom is -0.334 e. The van der Waals surface area contributed by atoms with Crippen LogP contribution in [0.1, 0.15) is 34.5 Å². The molecule has 0 unspecified atom stereocenters. The maximum Gasteiger partial charge on any atom is 0.433 e. The van der Waals surface area contributed by atoms with Crippen LogP contribution in [-0.2, 0) is 19.3 Å². The first-order chi connectivity index (χ1) is 12.6. The zero-order valence-electron chi connectivity index (χ0n) is 14.7. The summed E-state index contributed by atoms with van der Waals surface area (Å²) < 4.78 is 42.4. The second-order valence-electron chi connectivity index (χ2n) is 6.00. The number of halogens is 4. The number of aromatic nitrogens is 5. The molecular weight excluding hydrogens is 429 g/mol. The summed E-state index contributed by atoms with van der Waals surface area (Å²) >= 11 is 3.18. The molecule has 0 aliphatic heterocycles. The molecule has 0 N–H and O–H groups in total. The Kier molecular flexibility index (Phi) is 4.98. The summed E-state index contributed by atoms with van der Waals surface area (Å²) in [5.41, 5.74) is -0.357. The van der Waals surface area contributed by atoms with E-state index in [2.05, 4.69) is 31.1 Å². The number of aryl methyl sites for hydroxylation is 2. The summed E-state index contributed by atoms with van der Waals surface area (Å²) in [5, 5.41) is 8.17. The van der Waals surface area contributed by atoms with E-state index in [9.17, 15) is 18.0 Å². The number of alkyl halides is 3. The molecule has 11 heteroatoms. The smallest absolute Gasteiger partial charge is 0.334 e. The van der Waals surface area contributed by atoms with Crippen LogP contribution in [0.15, 0.2) is 22.8 Å². The lowest BCUT2D eigenvalue weighted by atomic mass is 10.3. The third kappa shape index (κ3) is 3.68. The van der Waals surface area contributed by atoms with Crippen LogP contribution in [0.4, 0.5) is 13.2 Å². The van der Waals surface area contributed by atoms with E-state index in [0.29, 0.717) is 16.8 Å². The van der Waals surface area contributed by atoms with Gasteiger partial charge in [0.05, 0.1) is 16.7 Å². The first kappa shape index (κ1) is 19.3. The Morgan fingerprint density at radius 3 is 2.63 bits per heavy atom. The van der Waals surface area contributed by atoms with Gasteiger partial charge in [-0.15, -0.1) is 0 Å². The average Bonchev–Trinajstić information content (AvgIpc) is 3.17. The number of hydrogen-bond donors (Lipinski definition) is 0. The van der Waals surface area contributed by atoms with Crippen molar-refractivity contribution in [2.75, 3.05) is 7.05 Å². The van der Waals surface area contributed by atoms with Crippen LogP contribution in [0.25, 0.3) is 5.65 Å². The summed E-state index contributed by atoms with van der Waals surface area (Å²) in [4.78, 5) is 18.2. The van der Waals surface area contributed by atoms with Crippen LogP contribution >= 0.6 is 15.9 Å². The highest BCUT2D eigenvalue weighted by Gasteiger charge is 2.36. The standard InChI is InChI=1S/C16H16BrF3N6O/c1-4-25-6-5-10(22-25)8-24(3)15(27)13-12(17)14-21-9(2)7-11(16(18,19)20)26(14)23-13/h5-7H,4,8H2,1-3H3. The van der Waals surface area contributed by atoms with E-state index in [-0.39, 0.29) is 28.1 Å². The molecule has 3 heterocycles. The molecule has 3 rings (SSSR count). The number of nitrogens with zero attached hydrogens (tertiary/aromatic N) is 6. The predicted molar refractivity (Wildman–Crippen MR) is 94.1 cm³/mol. The van der Waals surface area contributed by atoms with E-state index >= 15 is 0 Å². The lowest BCUT2D eigenvalue weighted by molar-refractivity contribution is -0.142. The largest absolute Gasteiger partial charge is 0.433 e. The summed E-state index contributed by atoms with van der Waals surface area (Å²) in [7, 11) is 1.53. The van der Waals surface area contributed by atoms with Gasteiger partial charge in [0.15, 0.2) is 11.3 Å². The molecule has 0 aliphatic rings. The SMILES string of the molecule is CCn1ccc(CN(C)C(=O)c2nn3c(C(F)(F)F)cc(C)nc3c2Br)n1. The lowest BCUT2D eigenvalue weighted by Gasteiger charge is -2.14. The monoisotopic (exact) mass is 444 g/mol. The van der Waals surface area contributed by atoms with Gasteiger partial charge in [0.1, 0.15) is 5.69 Å². The Bertz CT molecular complexity index is 1010. The number of fused-ring (bicyclic) bond motifs is 1. The van der Waals surface area contributed by atoms with Gasteiger partial charge in [-0.1, -0.05) is 0 Å². The fourth-order valence-electron chi connectivity index (χ4n) is 2.61. The normalized spacial score (nSPS) is 12.0. The Morgan fingerprint density at radius 2 is 2.04 bits per heavy atom. The maximum atomic E-state index is 13.3. The van der Waals surface area contributed by atoms with E-state index in [1.165, 1.54) is 18.9 Å². The van der Waals surface area contributed by atoms with Crippen molar-refractivity contribution in [2.45, 2.75) is 33.1 Å². The minimum atomic E-state index is -4.63. The van der Waals surface area contributed by atoms with E-state index in [0.717, 1.165) is 6.07 Å². The van der Waals surface area contributed by atoms with Gasteiger partial charge in [0.25, 0.3) is 5.91 Å². The van der Waals surface area contributed by atoms with Gasteiger partial charge in [-0.3, -0.25) is 9.48 Å². The fraction of sp³-hybridized carbons (Fsp3) is 0.375. The van der Waals surface area contributed by atoms with Gasteiger partial charge < -0.3 is 4.90 Å². The third-order valence-corrected chi connectivity index (χ3v) is 4.65. The molecule has 0 spiro atoms. The molecule has 3 aromatic heterocycles. The first-order valence-corrected chi connectivity index (χ1v) is 8.82. The molecule has 0 saturated carbocycles. The Balaban J connectivity index is 1.98. The molecule has 0 aliphatic carbocycles. The Labute approximate surface area is 160 Å². The van der Waals surface area contributed by atoms with Crippen molar-refractivity contribution in [3.8, 4) is 0 Å². The fourth-order valence-corrected chi connectivity index (χ4v) is 3.12. The summed E-state index contributed by atoms with van der Waals surface area (Å²) in [6.07, 6.45) is -2.84. The number of amides is 1. The highest BCUT2D eigenvalue weighted by atomic mass is 79.9. The molecule has 0 fully saturated rings. The van der Waals surface area contributed by atoms with Crippen molar-refractivity contribution in [2.24, 2.45) is 0 Å². The molecule has 0 saturated heterocycles. The van der Waals surface area contributed by atoms with Crippen LogP contribution in [-0.4, -0.2) is 42.2 Å². The maximum absolute atomic E-state index is 13.3. The minimum absolute atomic E-state index is 0.0608. The molecular formula is C16H16BrF3N6O. The zero-order chi connectivity index (χ0) is 19.9. The Hall–Kier alpha value is -2.43. The van der Waals surface area contributed by atoms with Gasteiger partial charge in [-0.05, 0) is 41.9 Å². The van der Waals surface area contributed by atoms with Crippen molar-refractivity contribution in [1.82, 2.24) is 29.3 Å². The topological polar surface area (TPSA) is 68.3 Å². The molecule has 0 radical (unpaired) electrons. The van der Waals surface area contributed by atoms with Gasteiger partial charge in [-0.25, -0.2) is 9.50 Å². The molecule has 144 valence electrons. The van der Waals surface area contributed by atoms with Crippen LogP contribution in [0, 0.1) is 6.92 Å². The number of carbonyl (C=O) groups is 1. The summed E-state index contributed by atoms with van der Waals surface area (Å²) in [6, 6.07) is 2.67. The lowest BCUT2D eigenvalue weighted by Crippen LogP contribution is -2.27. The second kappa shape index (κ2) is 6.95. The Morgan fingerprint density at radius 1 is 1.33 bits per heavy atom. The van der Waals surface area contributed by atoms with Gasteiger partial charge >= 0.3 is 6.18 Å². The molecule has 3 aromatic rings. The molecule has 0 atom stereocenters. The van der Waals surface area contributed by atoms with Crippen molar-refractivity contribution in [3.63, 3.8) is 0 Å². The van der Waals surface area contributed by atoms with Gasteiger partial charge in [0, 0.05) is 25.5 Å². The first-order valence-electron chi connectivity index (χ1n) is 8.02. The number of hydrogen-bond acceptors (Lipinski definition) is 4. The van der Waals surface area contributed by atoms with Crippen LogP contribution in [0.3, 0.4) is 0 Å². The van der Waals surface area contributed by atoms with Crippen molar-refractivity contribution >= 4 is 27.5 Å². The van der Waals surface area contributed by atoms with E-state index in [1.807, 2.05) is 6.92 Å². The van der Waals surface area contributed by atoms with E-state index in [4.69, 9.17) is 0 Å².